The van der Waals surface area contributed by atoms with Gasteiger partial charge in [0.15, 0.2) is 0 Å². The van der Waals surface area contributed by atoms with Crippen LogP contribution >= 0.6 is 0 Å². The van der Waals surface area contributed by atoms with E-state index in [1.54, 1.807) is 12.1 Å². The first-order chi connectivity index (χ1) is 9.97. The number of aryl methyl sites for hydroxylation is 1. The minimum Gasteiger partial charge on any atom is -0.398 e. The van der Waals surface area contributed by atoms with Crippen LogP contribution in [0.15, 0.2) is 42.5 Å². The zero-order valence-electron chi connectivity index (χ0n) is 12.5. The molecule has 2 aromatic carbocycles. The van der Waals surface area contributed by atoms with E-state index in [4.69, 9.17) is 11.5 Å². The van der Waals surface area contributed by atoms with E-state index >= 15 is 0 Å². The molecule has 0 unspecified atom stereocenters. The van der Waals surface area contributed by atoms with Crippen molar-refractivity contribution in [2.45, 2.75) is 20.0 Å². The molecular formula is C17H21N3O. The summed E-state index contributed by atoms with van der Waals surface area (Å²) < 4.78 is 0. The van der Waals surface area contributed by atoms with Crippen LogP contribution in [0.2, 0.25) is 0 Å². The number of anilines is 1. The van der Waals surface area contributed by atoms with E-state index in [1.807, 2.05) is 25.2 Å². The average Bonchev–Trinajstić information content (AvgIpc) is 2.43. The Hall–Kier alpha value is -2.33. The third kappa shape index (κ3) is 3.83. The number of hydrogen-bond acceptors (Lipinski definition) is 3. The van der Waals surface area contributed by atoms with Crippen molar-refractivity contribution in [1.82, 2.24) is 4.90 Å². The number of nitrogens with zero attached hydrogens (tertiary/aromatic N) is 1. The smallest absolute Gasteiger partial charge is 0.248 e. The second kappa shape index (κ2) is 6.41. The highest BCUT2D eigenvalue weighted by Gasteiger charge is 2.08. The summed E-state index contributed by atoms with van der Waals surface area (Å²) in [5, 5.41) is 0. The molecule has 0 spiro atoms. The molecule has 4 N–H and O–H groups in total. The number of rotatable bonds is 5. The highest BCUT2D eigenvalue weighted by Crippen LogP contribution is 2.17. The number of nitrogens with two attached hydrogens (primary N) is 2. The average molecular weight is 283 g/mol. The van der Waals surface area contributed by atoms with Crippen molar-refractivity contribution in [2.24, 2.45) is 5.73 Å². The number of benzene rings is 2. The summed E-state index contributed by atoms with van der Waals surface area (Å²) in [5.74, 6) is -0.457. The third-order valence-electron chi connectivity index (χ3n) is 3.57. The molecular weight excluding hydrogens is 262 g/mol. The van der Waals surface area contributed by atoms with Crippen LogP contribution in [0.3, 0.4) is 0 Å². The number of carbonyl (C=O) groups excluding carboxylic acids is 1. The molecule has 0 saturated carbocycles. The first-order valence-electron chi connectivity index (χ1n) is 6.88. The zero-order valence-corrected chi connectivity index (χ0v) is 12.5. The van der Waals surface area contributed by atoms with Crippen LogP contribution in [0.25, 0.3) is 0 Å². The van der Waals surface area contributed by atoms with Crippen molar-refractivity contribution < 1.29 is 4.79 Å². The first-order valence-corrected chi connectivity index (χ1v) is 6.88. The quantitative estimate of drug-likeness (QED) is 0.827. The Labute approximate surface area is 125 Å². The molecule has 0 atom stereocenters. The predicted octanol–water partition coefficient (Wildman–Crippen LogP) is 2.31. The molecule has 4 nitrogen and oxygen atoms in total. The monoisotopic (exact) mass is 283 g/mol. The molecule has 0 bridgehead atoms. The highest BCUT2D eigenvalue weighted by molar-refractivity contribution is 5.93. The largest absolute Gasteiger partial charge is 0.398 e. The molecule has 0 fully saturated rings. The molecule has 110 valence electrons. The summed E-state index contributed by atoms with van der Waals surface area (Å²) in [7, 11) is 2.05. The van der Waals surface area contributed by atoms with E-state index in [2.05, 4.69) is 24.0 Å². The van der Waals surface area contributed by atoms with Gasteiger partial charge in [0, 0.05) is 24.3 Å². The second-order valence-corrected chi connectivity index (χ2v) is 5.38. The van der Waals surface area contributed by atoms with Gasteiger partial charge in [-0.2, -0.15) is 0 Å². The molecule has 0 radical (unpaired) electrons. The SMILES string of the molecule is Cc1ccccc1CN(C)Cc1ccc(C(N)=O)cc1N. The minimum atomic E-state index is -0.457. The summed E-state index contributed by atoms with van der Waals surface area (Å²) in [5.41, 5.74) is 15.9. The fourth-order valence-corrected chi connectivity index (χ4v) is 2.32. The molecule has 0 heterocycles. The fourth-order valence-electron chi connectivity index (χ4n) is 2.32. The molecule has 4 heteroatoms. The first kappa shape index (κ1) is 15.1. The molecule has 2 rings (SSSR count). The van der Waals surface area contributed by atoms with Gasteiger partial charge in [-0.1, -0.05) is 30.3 Å². The van der Waals surface area contributed by atoms with Crippen molar-refractivity contribution in [3.63, 3.8) is 0 Å². The Kier molecular flexibility index (Phi) is 4.60. The molecule has 0 aromatic heterocycles. The van der Waals surface area contributed by atoms with Gasteiger partial charge in [-0.15, -0.1) is 0 Å². The molecule has 0 aliphatic rings. The summed E-state index contributed by atoms with van der Waals surface area (Å²) in [4.78, 5) is 13.3. The van der Waals surface area contributed by atoms with E-state index in [0.717, 1.165) is 18.7 Å². The maximum absolute atomic E-state index is 11.1. The molecule has 0 aliphatic heterocycles. The van der Waals surface area contributed by atoms with Crippen molar-refractivity contribution in [3.8, 4) is 0 Å². The lowest BCUT2D eigenvalue weighted by Gasteiger charge is -2.19. The summed E-state index contributed by atoms with van der Waals surface area (Å²) in [6.45, 7) is 3.68. The molecule has 1 amide bonds. The van der Waals surface area contributed by atoms with Gasteiger partial charge in [0.2, 0.25) is 5.91 Å². The van der Waals surface area contributed by atoms with Crippen molar-refractivity contribution >= 4 is 11.6 Å². The fraction of sp³-hybridized carbons (Fsp3) is 0.235. The van der Waals surface area contributed by atoms with Crippen LogP contribution in [0.4, 0.5) is 5.69 Å². The Bertz CT molecular complexity index is 652. The number of nitrogen functional groups attached to an aromatic ring is 1. The van der Waals surface area contributed by atoms with Gasteiger partial charge in [-0.05, 0) is 42.8 Å². The molecule has 0 aliphatic carbocycles. The third-order valence-corrected chi connectivity index (χ3v) is 3.57. The lowest BCUT2D eigenvalue weighted by atomic mass is 10.1. The number of carbonyl (C=O) groups is 1. The maximum atomic E-state index is 11.1. The number of primary amides is 1. The van der Waals surface area contributed by atoms with E-state index in [-0.39, 0.29) is 0 Å². The lowest BCUT2D eigenvalue weighted by molar-refractivity contribution is 0.100. The van der Waals surface area contributed by atoms with Crippen molar-refractivity contribution in [1.29, 1.82) is 0 Å². The van der Waals surface area contributed by atoms with Crippen LogP contribution in [-0.2, 0) is 13.1 Å². The van der Waals surface area contributed by atoms with Gasteiger partial charge in [0.1, 0.15) is 0 Å². The topological polar surface area (TPSA) is 72.3 Å². The van der Waals surface area contributed by atoms with Crippen LogP contribution < -0.4 is 11.5 Å². The van der Waals surface area contributed by atoms with Gasteiger partial charge in [-0.3, -0.25) is 9.69 Å². The molecule has 0 saturated heterocycles. The number of amides is 1. The Morgan fingerprint density at radius 1 is 1.10 bits per heavy atom. The van der Waals surface area contributed by atoms with Crippen molar-refractivity contribution in [3.05, 3.63) is 64.7 Å². The Morgan fingerprint density at radius 3 is 2.38 bits per heavy atom. The van der Waals surface area contributed by atoms with E-state index in [0.29, 0.717) is 11.3 Å². The van der Waals surface area contributed by atoms with Crippen LogP contribution in [-0.4, -0.2) is 17.9 Å². The van der Waals surface area contributed by atoms with E-state index in [1.165, 1.54) is 11.1 Å². The highest BCUT2D eigenvalue weighted by atomic mass is 16.1. The van der Waals surface area contributed by atoms with E-state index in [9.17, 15) is 4.79 Å². The summed E-state index contributed by atoms with van der Waals surface area (Å²) in [6.07, 6.45) is 0. The van der Waals surface area contributed by atoms with Gasteiger partial charge in [-0.25, -0.2) is 0 Å². The number of hydrogen-bond donors (Lipinski definition) is 2. The van der Waals surface area contributed by atoms with Gasteiger partial charge >= 0.3 is 0 Å². The second-order valence-electron chi connectivity index (χ2n) is 5.38. The Balaban J connectivity index is 2.08. The van der Waals surface area contributed by atoms with Gasteiger partial charge < -0.3 is 11.5 Å². The van der Waals surface area contributed by atoms with E-state index < -0.39 is 5.91 Å². The van der Waals surface area contributed by atoms with Gasteiger partial charge in [0.05, 0.1) is 0 Å². The van der Waals surface area contributed by atoms with Crippen LogP contribution in [0.5, 0.6) is 0 Å². The molecule has 2 aromatic rings. The minimum absolute atomic E-state index is 0.442. The molecule has 21 heavy (non-hydrogen) atoms. The summed E-state index contributed by atoms with van der Waals surface area (Å²) in [6, 6.07) is 13.6. The van der Waals surface area contributed by atoms with Gasteiger partial charge in [0.25, 0.3) is 0 Å². The van der Waals surface area contributed by atoms with Crippen LogP contribution in [0.1, 0.15) is 27.0 Å². The predicted molar refractivity (Wildman–Crippen MR) is 85.7 cm³/mol. The van der Waals surface area contributed by atoms with Crippen LogP contribution in [0, 0.1) is 6.92 Å². The maximum Gasteiger partial charge on any atom is 0.248 e. The lowest BCUT2D eigenvalue weighted by Crippen LogP contribution is -2.19. The normalized spacial score (nSPS) is 10.8. The van der Waals surface area contributed by atoms with Crippen molar-refractivity contribution in [2.75, 3.05) is 12.8 Å². The Morgan fingerprint density at radius 2 is 1.76 bits per heavy atom. The zero-order chi connectivity index (χ0) is 15.4. The summed E-state index contributed by atoms with van der Waals surface area (Å²) >= 11 is 0. The standard InChI is InChI=1S/C17H21N3O/c1-12-5-3-4-6-14(12)10-20(2)11-15-8-7-13(17(19)21)9-16(15)18/h3-9H,10-11,18H2,1-2H3,(H2,19,21).